The summed E-state index contributed by atoms with van der Waals surface area (Å²) in [6, 6.07) is 2.40. The monoisotopic (exact) mass is 654 g/mol. The molecule has 0 unspecified atom stereocenters. The van der Waals surface area contributed by atoms with Crippen molar-refractivity contribution in [2.75, 3.05) is 36.1 Å². The maximum absolute atomic E-state index is 13.4. The molecule has 3 rings (SSSR count). The van der Waals surface area contributed by atoms with E-state index in [9.17, 15) is 9.59 Å². The molecule has 1 aliphatic rings. The normalized spacial score (nSPS) is 16.5. The van der Waals surface area contributed by atoms with Crippen LogP contribution in [0, 0.1) is 5.92 Å². The van der Waals surface area contributed by atoms with Crippen LogP contribution in [0.2, 0.25) is 0 Å². The number of pyridine rings is 2. The molecule has 2 aromatic rings. The predicted molar refractivity (Wildman–Crippen MR) is 156 cm³/mol. The molecule has 1 saturated carbocycles. The summed E-state index contributed by atoms with van der Waals surface area (Å²) in [6.07, 6.45) is 14.2. The second kappa shape index (κ2) is 16.4. The maximum atomic E-state index is 13.4. The average molecular weight is 655 g/mol. The number of rotatable bonds is 16. The third-order valence-corrected chi connectivity index (χ3v) is 20.1. The van der Waals surface area contributed by atoms with E-state index in [-0.39, 0.29) is 11.8 Å². The first-order valence-corrected chi connectivity index (χ1v) is 20.6. The van der Waals surface area contributed by atoms with E-state index in [0.29, 0.717) is 37.5 Å². The Balaban J connectivity index is 1.61. The Labute approximate surface area is 237 Å². The number of alkyl halides is 4. The molecular weight excluding hydrogens is 605 g/mol. The summed E-state index contributed by atoms with van der Waals surface area (Å²) in [5.74, 6) is 0.111. The van der Waals surface area contributed by atoms with Gasteiger partial charge in [-0.2, -0.15) is 0 Å². The first kappa shape index (κ1) is 31.6. The third kappa shape index (κ3) is 9.91. The van der Waals surface area contributed by atoms with Gasteiger partial charge in [-0.1, -0.05) is 6.42 Å². The van der Waals surface area contributed by atoms with Crippen LogP contribution in [-0.2, 0) is 9.59 Å². The van der Waals surface area contributed by atoms with E-state index in [1.807, 2.05) is 12.1 Å². The van der Waals surface area contributed by atoms with E-state index in [2.05, 4.69) is 27.5 Å². The zero-order valence-electron chi connectivity index (χ0n) is 23.5. The zero-order valence-corrected chi connectivity index (χ0v) is 25.7. The van der Waals surface area contributed by atoms with Gasteiger partial charge in [-0.25, -0.2) is 0 Å². The third-order valence-electron chi connectivity index (χ3n) is 7.94. The van der Waals surface area contributed by atoms with Crippen LogP contribution in [0.1, 0.15) is 64.7 Å². The first-order valence-electron chi connectivity index (χ1n) is 14.5. The minimum absolute atomic E-state index is 0.234. The Hall–Kier alpha value is -1.89. The average Bonchev–Trinajstić information content (AvgIpc) is 2.95. The van der Waals surface area contributed by atoms with Crippen molar-refractivity contribution >= 4 is 28.4 Å². The molecule has 0 saturated heterocycles. The Morgan fingerprint density at radius 3 is 2.49 bits per heavy atom. The number of nitrogens with two attached hydrogens (primary N) is 3. The topological polar surface area (TPSA) is 162 Å². The van der Waals surface area contributed by atoms with Gasteiger partial charge in [-0.3, -0.25) is 4.98 Å². The van der Waals surface area contributed by atoms with Crippen LogP contribution in [0.4, 0.5) is 5.69 Å². The number of carbonyl (C=O) groups is 2. The number of nitrogens with one attached hydrogen (secondary N) is 2. The van der Waals surface area contributed by atoms with Crippen molar-refractivity contribution in [3.05, 3.63) is 30.7 Å². The Morgan fingerprint density at radius 1 is 1.05 bits per heavy atom. The van der Waals surface area contributed by atoms with Gasteiger partial charge in [0, 0.05) is 12.4 Å². The summed E-state index contributed by atoms with van der Waals surface area (Å²) in [6.45, 7) is 3.67. The van der Waals surface area contributed by atoms with Gasteiger partial charge in [0.15, 0.2) is 0 Å². The van der Waals surface area contributed by atoms with Crippen LogP contribution >= 0.6 is 0 Å². The molecule has 0 bridgehead atoms. The molecule has 8 N–H and O–H groups in total. The standard InChI is InChI=1S/C29H49IN7O2/c1-2-30(14-16-31,15-17-32)13-6-9-25(33)28(38)37-27(11-10-22-7-4-3-5-8-22)29(39)36-24-19-23-20-34-18-12-26(23)35-21-24/h12,18-22,25,27H,2-11,13-17,31-33H2,1H3,(H,36,39)(H,37,38)/q-1/t25-,27-/m0/s1. The molecule has 2 heterocycles. The molecule has 0 aromatic carbocycles. The summed E-state index contributed by atoms with van der Waals surface area (Å²) in [4.78, 5) is 35.1. The van der Waals surface area contributed by atoms with Crippen molar-refractivity contribution in [2.45, 2.75) is 76.8 Å². The molecule has 0 aliphatic heterocycles. The van der Waals surface area contributed by atoms with Crippen LogP contribution in [0.3, 0.4) is 0 Å². The molecule has 10 heteroatoms. The molecular formula is C29H49IN7O2-. The number of fused-ring (bicyclic) bond motifs is 1. The molecule has 2 atom stereocenters. The fourth-order valence-corrected chi connectivity index (χ4v) is 14.2. The molecule has 0 radical (unpaired) electrons. The Morgan fingerprint density at radius 2 is 1.79 bits per heavy atom. The fourth-order valence-electron chi connectivity index (χ4n) is 5.55. The van der Waals surface area contributed by atoms with E-state index >= 15 is 0 Å². The zero-order chi connectivity index (χ0) is 28.1. The van der Waals surface area contributed by atoms with E-state index in [4.69, 9.17) is 17.2 Å². The van der Waals surface area contributed by atoms with Crippen LogP contribution < -0.4 is 46.3 Å². The second-order valence-electron chi connectivity index (χ2n) is 10.7. The summed E-state index contributed by atoms with van der Waals surface area (Å²) in [5.41, 5.74) is 19.6. The number of hydrogen-bond acceptors (Lipinski definition) is 7. The number of carbonyl (C=O) groups excluding carboxylic acids is 2. The molecule has 1 fully saturated rings. The van der Waals surface area contributed by atoms with Crippen LogP contribution in [0.5, 0.6) is 0 Å². The molecule has 1 aliphatic carbocycles. The van der Waals surface area contributed by atoms with Gasteiger partial charge in [-0.15, -0.1) is 0 Å². The van der Waals surface area contributed by atoms with Gasteiger partial charge in [0.2, 0.25) is 0 Å². The van der Waals surface area contributed by atoms with Gasteiger partial charge >= 0.3 is 203 Å². The van der Waals surface area contributed by atoms with Gasteiger partial charge < -0.3 is 0 Å². The van der Waals surface area contributed by atoms with Gasteiger partial charge in [0.1, 0.15) is 0 Å². The number of amides is 2. The van der Waals surface area contributed by atoms with E-state index in [0.717, 1.165) is 37.0 Å². The van der Waals surface area contributed by atoms with Crippen molar-refractivity contribution in [1.29, 1.82) is 0 Å². The first-order chi connectivity index (χ1) is 18.9. The molecule has 39 heavy (non-hydrogen) atoms. The number of nitrogens with zero attached hydrogens (tertiary/aromatic N) is 2. The number of halogens is 1. The minimum atomic E-state index is -2.01. The molecule has 0 spiro atoms. The molecule has 2 aromatic heterocycles. The van der Waals surface area contributed by atoms with Crippen LogP contribution in [-0.4, -0.2) is 64.7 Å². The van der Waals surface area contributed by atoms with Crippen molar-refractivity contribution in [1.82, 2.24) is 15.3 Å². The van der Waals surface area contributed by atoms with E-state index in [1.54, 1.807) is 18.6 Å². The SMILES string of the molecule is CC[I-](CCN)(CCN)CCC[C@H](N)C(=O)N[C@@H](CCC1CCCCC1)C(=O)Nc1cnc2ccncc2c1. The van der Waals surface area contributed by atoms with Crippen molar-refractivity contribution < 1.29 is 28.0 Å². The summed E-state index contributed by atoms with van der Waals surface area (Å²) in [7, 11) is 0. The van der Waals surface area contributed by atoms with E-state index in [1.165, 1.54) is 36.5 Å². The predicted octanol–water partition coefficient (Wildman–Crippen LogP) is -0.381. The summed E-state index contributed by atoms with van der Waals surface area (Å²) < 4.78 is 4.51. The van der Waals surface area contributed by atoms with Crippen LogP contribution in [0.15, 0.2) is 30.7 Å². The number of hydrogen-bond donors (Lipinski definition) is 5. The molecule has 220 valence electrons. The van der Waals surface area contributed by atoms with Crippen molar-refractivity contribution in [3.8, 4) is 0 Å². The molecule has 2 amide bonds. The van der Waals surface area contributed by atoms with E-state index < -0.39 is 30.5 Å². The van der Waals surface area contributed by atoms with Gasteiger partial charge in [-0.05, 0) is 6.07 Å². The fraction of sp³-hybridized carbons (Fsp3) is 0.655. The van der Waals surface area contributed by atoms with Gasteiger partial charge in [0.05, 0.1) is 5.52 Å². The summed E-state index contributed by atoms with van der Waals surface area (Å²) >= 11 is -2.01. The van der Waals surface area contributed by atoms with Gasteiger partial charge in [0.25, 0.3) is 0 Å². The van der Waals surface area contributed by atoms with Crippen molar-refractivity contribution in [3.63, 3.8) is 0 Å². The Bertz CT molecular complexity index is 1040. The molecule has 9 nitrogen and oxygen atoms in total. The Kier molecular flexibility index (Phi) is 13.3. The second-order valence-corrected chi connectivity index (χ2v) is 22.0. The number of anilines is 1. The number of aromatic nitrogens is 2. The summed E-state index contributed by atoms with van der Waals surface area (Å²) in [5, 5.41) is 6.80. The van der Waals surface area contributed by atoms with Crippen LogP contribution in [0.25, 0.3) is 10.9 Å². The quantitative estimate of drug-likeness (QED) is 0.122. The van der Waals surface area contributed by atoms with Crippen molar-refractivity contribution in [2.24, 2.45) is 23.1 Å².